The van der Waals surface area contributed by atoms with Crippen molar-refractivity contribution in [2.24, 2.45) is 0 Å². The molecule has 7 heteroatoms. The van der Waals surface area contributed by atoms with E-state index < -0.39 is 0 Å². The molecule has 0 aliphatic carbocycles. The summed E-state index contributed by atoms with van der Waals surface area (Å²) in [6, 6.07) is 5.71. The van der Waals surface area contributed by atoms with Crippen molar-refractivity contribution in [1.82, 2.24) is 25.9 Å². The molecule has 0 spiro atoms. The van der Waals surface area contributed by atoms with Crippen molar-refractivity contribution in [1.29, 1.82) is 0 Å². The van der Waals surface area contributed by atoms with E-state index in [1.54, 1.807) is 14.2 Å². The Balaban J connectivity index is 1.96. The number of nitrogens with one attached hydrogen (secondary N) is 2. The molecule has 7 nitrogen and oxygen atoms in total. The maximum atomic E-state index is 5.31. The molecule has 2 aromatic rings. The number of H-pyrrole nitrogens is 1. The third-order valence-electron chi connectivity index (χ3n) is 2.48. The fourth-order valence-corrected chi connectivity index (χ4v) is 1.56. The van der Waals surface area contributed by atoms with Crippen LogP contribution in [-0.4, -0.2) is 34.8 Å². The quantitative estimate of drug-likeness (QED) is 0.775. The van der Waals surface area contributed by atoms with E-state index in [2.05, 4.69) is 25.9 Å². The molecule has 18 heavy (non-hydrogen) atoms. The van der Waals surface area contributed by atoms with Crippen molar-refractivity contribution in [2.45, 2.75) is 13.1 Å². The van der Waals surface area contributed by atoms with Crippen LogP contribution in [0.15, 0.2) is 18.2 Å². The van der Waals surface area contributed by atoms with Gasteiger partial charge in [-0.3, -0.25) is 0 Å². The summed E-state index contributed by atoms with van der Waals surface area (Å²) in [6.45, 7) is 1.20. The molecule has 1 aromatic carbocycles. The van der Waals surface area contributed by atoms with Gasteiger partial charge in [-0.05, 0) is 6.07 Å². The van der Waals surface area contributed by atoms with Crippen LogP contribution in [0.5, 0.6) is 11.5 Å². The lowest BCUT2D eigenvalue weighted by molar-refractivity contribution is 0.389. The lowest BCUT2D eigenvalue weighted by Crippen LogP contribution is -2.14. The molecule has 0 aliphatic heterocycles. The Kier molecular flexibility index (Phi) is 4.08. The summed E-state index contributed by atoms with van der Waals surface area (Å²) in [5, 5.41) is 16.8. The third-order valence-corrected chi connectivity index (χ3v) is 2.48. The summed E-state index contributed by atoms with van der Waals surface area (Å²) in [5.74, 6) is 2.19. The van der Waals surface area contributed by atoms with E-state index >= 15 is 0 Å². The van der Waals surface area contributed by atoms with Crippen LogP contribution >= 0.6 is 0 Å². The second-order valence-electron chi connectivity index (χ2n) is 3.61. The van der Waals surface area contributed by atoms with Crippen molar-refractivity contribution in [2.75, 3.05) is 14.2 Å². The standard InChI is InChI=1S/C11H15N5O2/c1-17-9-4-3-8(10(5-9)18-2)6-12-7-11-13-15-16-14-11/h3-5,12H,6-7H2,1-2H3,(H,13,14,15,16). The molecule has 0 saturated carbocycles. The van der Waals surface area contributed by atoms with Crippen LogP contribution in [0, 0.1) is 0 Å². The molecule has 96 valence electrons. The molecule has 0 radical (unpaired) electrons. The predicted octanol–water partition coefficient (Wildman–Crippen LogP) is 0.507. The number of aromatic amines is 1. The second kappa shape index (κ2) is 5.97. The molecule has 1 aromatic heterocycles. The number of hydrogen-bond acceptors (Lipinski definition) is 6. The van der Waals surface area contributed by atoms with Gasteiger partial charge >= 0.3 is 0 Å². The molecule has 2 N–H and O–H groups in total. The van der Waals surface area contributed by atoms with E-state index in [1.165, 1.54) is 0 Å². The normalized spacial score (nSPS) is 10.3. The molecular formula is C11H15N5O2. The highest BCUT2D eigenvalue weighted by atomic mass is 16.5. The Bertz CT molecular complexity index is 486. The van der Waals surface area contributed by atoms with E-state index in [1.807, 2.05) is 18.2 Å². The van der Waals surface area contributed by atoms with Gasteiger partial charge in [0.2, 0.25) is 0 Å². The van der Waals surface area contributed by atoms with Crippen LogP contribution in [0.3, 0.4) is 0 Å². The lowest BCUT2D eigenvalue weighted by Gasteiger charge is -2.10. The molecule has 1 heterocycles. The predicted molar refractivity (Wildman–Crippen MR) is 64.3 cm³/mol. The smallest absolute Gasteiger partial charge is 0.188 e. The monoisotopic (exact) mass is 249 g/mol. The average Bonchev–Trinajstić information content (AvgIpc) is 2.92. The largest absolute Gasteiger partial charge is 0.497 e. The topological polar surface area (TPSA) is 85.0 Å². The number of benzene rings is 1. The van der Waals surface area contributed by atoms with Gasteiger partial charge in [-0.25, -0.2) is 0 Å². The van der Waals surface area contributed by atoms with Gasteiger partial charge in [0.1, 0.15) is 11.5 Å². The molecule has 0 aliphatic rings. The van der Waals surface area contributed by atoms with E-state index in [9.17, 15) is 0 Å². The van der Waals surface area contributed by atoms with E-state index in [4.69, 9.17) is 9.47 Å². The van der Waals surface area contributed by atoms with Gasteiger partial charge in [0, 0.05) is 18.2 Å². The highest BCUT2D eigenvalue weighted by molar-refractivity contribution is 5.40. The van der Waals surface area contributed by atoms with Crippen molar-refractivity contribution < 1.29 is 9.47 Å². The van der Waals surface area contributed by atoms with Crippen LogP contribution in [0.2, 0.25) is 0 Å². The molecule has 0 atom stereocenters. The molecular weight excluding hydrogens is 234 g/mol. The van der Waals surface area contributed by atoms with E-state index in [-0.39, 0.29) is 0 Å². The number of methoxy groups -OCH3 is 2. The first kappa shape index (κ1) is 12.3. The SMILES string of the molecule is COc1ccc(CNCc2nn[nH]n2)c(OC)c1. The Morgan fingerprint density at radius 3 is 2.78 bits per heavy atom. The van der Waals surface area contributed by atoms with Crippen molar-refractivity contribution >= 4 is 0 Å². The number of tetrazole rings is 1. The number of hydrogen-bond donors (Lipinski definition) is 2. The Labute approximate surface area is 104 Å². The molecule has 0 amide bonds. The number of ether oxygens (including phenoxy) is 2. The van der Waals surface area contributed by atoms with Gasteiger partial charge in [-0.2, -0.15) is 5.21 Å². The van der Waals surface area contributed by atoms with Gasteiger partial charge in [0.05, 0.1) is 20.8 Å². The minimum absolute atomic E-state index is 0.547. The number of nitrogens with zero attached hydrogens (tertiary/aromatic N) is 3. The Morgan fingerprint density at radius 1 is 1.22 bits per heavy atom. The van der Waals surface area contributed by atoms with Crippen LogP contribution in [0.4, 0.5) is 0 Å². The number of rotatable bonds is 6. The van der Waals surface area contributed by atoms with Gasteiger partial charge in [-0.15, -0.1) is 10.2 Å². The van der Waals surface area contributed by atoms with Gasteiger partial charge in [0.15, 0.2) is 5.82 Å². The number of aromatic nitrogens is 4. The maximum absolute atomic E-state index is 5.31. The van der Waals surface area contributed by atoms with Crippen molar-refractivity contribution in [3.8, 4) is 11.5 Å². The Hall–Kier alpha value is -2.15. The van der Waals surface area contributed by atoms with Crippen molar-refractivity contribution in [3.05, 3.63) is 29.6 Å². The maximum Gasteiger partial charge on any atom is 0.188 e. The zero-order valence-electron chi connectivity index (χ0n) is 10.3. The van der Waals surface area contributed by atoms with Crippen LogP contribution in [0.25, 0.3) is 0 Å². The fraction of sp³-hybridized carbons (Fsp3) is 0.364. The highest BCUT2D eigenvalue weighted by Gasteiger charge is 2.05. The highest BCUT2D eigenvalue weighted by Crippen LogP contribution is 2.24. The molecule has 0 fully saturated rings. The summed E-state index contributed by atoms with van der Waals surface area (Å²) in [6.07, 6.45) is 0. The zero-order valence-corrected chi connectivity index (χ0v) is 10.3. The summed E-state index contributed by atoms with van der Waals surface area (Å²) in [5.41, 5.74) is 1.04. The second-order valence-corrected chi connectivity index (χ2v) is 3.61. The van der Waals surface area contributed by atoms with Crippen molar-refractivity contribution in [3.63, 3.8) is 0 Å². The summed E-state index contributed by atoms with van der Waals surface area (Å²) in [7, 11) is 3.26. The fourth-order valence-electron chi connectivity index (χ4n) is 1.56. The molecule has 2 rings (SSSR count). The zero-order chi connectivity index (χ0) is 12.8. The van der Waals surface area contributed by atoms with Gasteiger partial charge in [0.25, 0.3) is 0 Å². The van der Waals surface area contributed by atoms with Gasteiger partial charge < -0.3 is 14.8 Å². The summed E-state index contributed by atoms with van der Waals surface area (Å²) < 4.78 is 10.4. The van der Waals surface area contributed by atoms with E-state index in [0.717, 1.165) is 17.1 Å². The Morgan fingerprint density at radius 2 is 2.11 bits per heavy atom. The first-order chi connectivity index (χ1) is 8.83. The van der Waals surface area contributed by atoms with Crippen LogP contribution in [-0.2, 0) is 13.1 Å². The molecule has 0 unspecified atom stereocenters. The average molecular weight is 249 g/mol. The summed E-state index contributed by atoms with van der Waals surface area (Å²) in [4.78, 5) is 0. The third kappa shape index (κ3) is 2.95. The lowest BCUT2D eigenvalue weighted by atomic mass is 10.2. The van der Waals surface area contributed by atoms with E-state index in [0.29, 0.717) is 18.9 Å². The van der Waals surface area contributed by atoms with Crippen LogP contribution in [0.1, 0.15) is 11.4 Å². The van der Waals surface area contributed by atoms with Crippen LogP contribution < -0.4 is 14.8 Å². The molecule has 0 saturated heterocycles. The first-order valence-electron chi connectivity index (χ1n) is 5.47. The first-order valence-corrected chi connectivity index (χ1v) is 5.47. The molecule has 0 bridgehead atoms. The van der Waals surface area contributed by atoms with Gasteiger partial charge in [-0.1, -0.05) is 11.3 Å². The summed E-state index contributed by atoms with van der Waals surface area (Å²) >= 11 is 0. The minimum atomic E-state index is 0.547. The minimum Gasteiger partial charge on any atom is -0.497 e.